The molecule has 0 aromatic heterocycles. The van der Waals surface area contributed by atoms with Crippen molar-refractivity contribution in [2.45, 2.75) is 38.4 Å². The maximum atomic E-state index is 2.49. The summed E-state index contributed by atoms with van der Waals surface area (Å²) in [7, 11) is -1.22. The molecule has 0 bridgehead atoms. The minimum absolute atomic E-state index is 1.22. The van der Waals surface area contributed by atoms with Gasteiger partial charge in [-0.15, -0.1) is 0 Å². The predicted molar refractivity (Wildman–Crippen MR) is 87.7 cm³/mol. The van der Waals surface area contributed by atoms with E-state index in [1.807, 2.05) is 0 Å². The van der Waals surface area contributed by atoms with E-state index in [-0.39, 0.29) is 0 Å². The number of hydrogen-bond acceptors (Lipinski definition) is 0. The minimum atomic E-state index is -1.22. The lowest BCUT2D eigenvalue weighted by atomic mass is 10.1. The van der Waals surface area contributed by atoms with Crippen molar-refractivity contribution in [1.82, 2.24) is 0 Å². The Morgan fingerprint density at radius 3 is 1.95 bits per heavy atom. The van der Waals surface area contributed by atoms with Gasteiger partial charge in [-0.25, -0.2) is 0 Å². The van der Waals surface area contributed by atoms with Crippen LogP contribution in [0.3, 0.4) is 0 Å². The van der Waals surface area contributed by atoms with Gasteiger partial charge in [-0.2, -0.15) is 0 Å². The summed E-state index contributed by atoms with van der Waals surface area (Å²) in [5.74, 6) is 0. The second-order valence-electron chi connectivity index (χ2n) is 5.94. The Morgan fingerprint density at radius 2 is 1.32 bits per heavy atom. The summed E-state index contributed by atoms with van der Waals surface area (Å²) < 4.78 is 0. The molecule has 0 spiro atoms. The Labute approximate surface area is 118 Å². The topological polar surface area (TPSA) is 0 Å². The van der Waals surface area contributed by atoms with E-state index < -0.39 is 8.07 Å². The molecule has 0 amide bonds. The summed E-state index contributed by atoms with van der Waals surface area (Å²) in [6, 6.07) is 23.3. The van der Waals surface area contributed by atoms with Gasteiger partial charge in [0.25, 0.3) is 0 Å². The van der Waals surface area contributed by atoms with Gasteiger partial charge in [0.15, 0.2) is 0 Å². The minimum Gasteiger partial charge on any atom is -0.0654 e. The Balaban J connectivity index is 1.79. The van der Waals surface area contributed by atoms with Crippen molar-refractivity contribution < 1.29 is 0 Å². The van der Waals surface area contributed by atoms with Crippen LogP contribution in [0.25, 0.3) is 0 Å². The molecule has 0 heterocycles. The van der Waals surface area contributed by atoms with Crippen LogP contribution in [0.2, 0.25) is 19.1 Å². The van der Waals surface area contributed by atoms with Crippen molar-refractivity contribution in [3.05, 3.63) is 66.2 Å². The van der Waals surface area contributed by atoms with E-state index in [2.05, 4.69) is 73.8 Å². The average molecular weight is 268 g/mol. The Hall–Kier alpha value is -1.34. The summed E-state index contributed by atoms with van der Waals surface area (Å²) in [5.41, 5.74) is 1.47. The SMILES string of the molecule is C[Si](C)(CCCCc1ccccc1)c1ccccc1. The monoisotopic (exact) mass is 268 g/mol. The summed E-state index contributed by atoms with van der Waals surface area (Å²) in [4.78, 5) is 0. The van der Waals surface area contributed by atoms with E-state index in [1.54, 1.807) is 5.19 Å². The van der Waals surface area contributed by atoms with Crippen LogP contribution in [0.4, 0.5) is 0 Å². The van der Waals surface area contributed by atoms with Gasteiger partial charge >= 0.3 is 0 Å². The molecule has 0 aliphatic heterocycles. The van der Waals surface area contributed by atoms with E-state index >= 15 is 0 Å². The second kappa shape index (κ2) is 6.72. The Bertz CT molecular complexity index is 474. The van der Waals surface area contributed by atoms with Gasteiger partial charge in [-0.05, 0) is 18.4 Å². The van der Waals surface area contributed by atoms with Gasteiger partial charge in [0, 0.05) is 0 Å². The summed E-state index contributed by atoms with van der Waals surface area (Å²) in [6.45, 7) is 4.98. The normalized spacial score (nSPS) is 11.5. The molecule has 1 heteroatoms. The highest BCUT2D eigenvalue weighted by Crippen LogP contribution is 2.15. The highest BCUT2D eigenvalue weighted by Gasteiger charge is 2.21. The highest BCUT2D eigenvalue weighted by atomic mass is 28.3. The van der Waals surface area contributed by atoms with Crippen molar-refractivity contribution in [1.29, 1.82) is 0 Å². The van der Waals surface area contributed by atoms with Gasteiger partial charge in [-0.3, -0.25) is 0 Å². The Morgan fingerprint density at radius 1 is 0.737 bits per heavy atom. The van der Waals surface area contributed by atoms with E-state index in [4.69, 9.17) is 0 Å². The fraction of sp³-hybridized carbons (Fsp3) is 0.333. The van der Waals surface area contributed by atoms with Gasteiger partial charge in [0.1, 0.15) is 0 Å². The number of unbranched alkanes of at least 4 members (excludes halogenated alkanes) is 1. The molecular formula is C18H24Si. The van der Waals surface area contributed by atoms with Gasteiger partial charge < -0.3 is 0 Å². The zero-order chi connectivity index (χ0) is 13.6. The van der Waals surface area contributed by atoms with Gasteiger partial charge in [0.05, 0.1) is 8.07 Å². The standard InChI is InChI=1S/C18H24Si/c1-19(2,18-14-7-4-8-15-18)16-10-9-13-17-11-5-3-6-12-17/h3-8,11-12,14-15H,9-10,13,16H2,1-2H3. The van der Waals surface area contributed by atoms with Crippen molar-refractivity contribution >= 4 is 13.3 Å². The first-order valence-electron chi connectivity index (χ1n) is 7.28. The van der Waals surface area contributed by atoms with Crippen LogP contribution in [-0.2, 0) is 6.42 Å². The molecule has 2 aromatic carbocycles. The summed E-state index contributed by atoms with van der Waals surface area (Å²) >= 11 is 0. The first-order chi connectivity index (χ1) is 9.18. The van der Waals surface area contributed by atoms with Gasteiger partial charge in [0.2, 0.25) is 0 Å². The van der Waals surface area contributed by atoms with E-state index in [9.17, 15) is 0 Å². The molecular weight excluding hydrogens is 244 g/mol. The highest BCUT2D eigenvalue weighted by molar-refractivity contribution is 6.89. The fourth-order valence-corrected chi connectivity index (χ4v) is 5.09. The predicted octanol–water partition coefficient (Wildman–Crippen LogP) is 4.62. The molecule has 2 rings (SSSR count). The van der Waals surface area contributed by atoms with E-state index in [0.717, 1.165) is 0 Å². The molecule has 19 heavy (non-hydrogen) atoms. The quantitative estimate of drug-likeness (QED) is 0.529. The Kier molecular flexibility index (Phi) is 4.98. The third-order valence-electron chi connectivity index (χ3n) is 3.92. The molecule has 2 aromatic rings. The lowest BCUT2D eigenvalue weighted by Crippen LogP contribution is -2.40. The van der Waals surface area contributed by atoms with E-state index in [0.29, 0.717) is 0 Å². The molecule has 0 N–H and O–H groups in total. The summed E-state index contributed by atoms with van der Waals surface area (Å²) in [5, 5.41) is 1.59. The molecule has 100 valence electrons. The lowest BCUT2D eigenvalue weighted by Gasteiger charge is -2.22. The zero-order valence-corrected chi connectivity index (χ0v) is 13.1. The molecule has 0 atom stereocenters. The van der Waals surface area contributed by atoms with Crippen molar-refractivity contribution in [3.8, 4) is 0 Å². The van der Waals surface area contributed by atoms with Crippen molar-refractivity contribution in [3.63, 3.8) is 0 Å². The zero-order valence-electron chi connectivity index (χ0n) is 12.1. The number of aryl methyl sites for hydroxylation is 1. The first kappa shape index (κ1) is 14.1. The third-order valence-corrected chi connectivity index (χ3v) is 7.42. The van der Waals surface area contributed by atoms with Crippen LogP contribution in [-0.4, -0.2) is 8.07 Å². The number of rotatable bonds is 6. The number of benzene rings is 2. The molecule has 0 radical (unpaired) electrons. The molecule has 0 fully saturated rings. The maximum Gasteiger partial charge on any atom is 0.0806 e. The van der Waals surface area contributed by atoms with Crippen molar-refractivity contribution in [2.75, 3.05) is 0 Å². The first-order valence-corrected chi connectivity index (χ1v) is 10.5. The van der Waals surface area contributed by atoms with Crippen molar-refractivity contribution in [2.24, 2.45) is 0 Å². The molecule has 0 aliphatic carbocycles. The second-order valence-corrected chi connectivity index (χ2v) is 10.8. The van der Waals surface area contributed by atoms with Crippen LogP contribution < -0.4 is 5.19 Å². The molecule has 0 nitrogen and oxygen atoms in total. The smallest absolute Gasteiger partial charge is 0.0654 e. The fourth-order valence-electron chi connectivity index (χ4n) is 2.57. The lowest BCUT2D eigenvalue weighted by molar-refractivity contribution is 0.786. The van der Waals surface area contributed by atoms with E-state index in [1.165, 1.54) is 30.9 Å². The van der Waals surface area contributed by atoms with Crippen LogP contribution in [0, 0.1) is 0 Å². The van der Waals surface area contributed by atoms with Gasteiger partial charge in [-0.1, -0.05) is 91.4 Å². The maximum absolute atomic E-state index is 2.49. The molecule has 0 aliphatic rings. The number of hydrogen-bond donors (Lipinski definition) is 0. The van der Waals surface area contributed by atoms with Crippen LogP contribution in [0.1, 0.15) is 18.4 Å². The molecule has 0 saturated heterocycles. The average Bonchev–Trinajstić information content (AvgIpc) is 2.46. The van der Waals surface area contributed by atoms with Crippen LogP contribution >= 0.6 is 0 Å². The summed E-state index contributed by atoms with van der Waals surface area (Å²) in [6.07, 6.45) is 3.89. The van der Waals surface area contributed by atoms with Crippen LogP contribution in [0.5, 0.6) is 0 Å². The van der Waals surface area contributed by atoms with Crippen LogP contribution in [0.15, 0.2) is 60.7 Å². The molecule has 0 unspecified atom stereocenters. The third kappa shape index (κ3) is 4.36. The molecule has 0 saturated carbocycles. The largest absolute Gasteiger partial charge is 0.0806 e.